The fourth-order valence-electron chi connectivity index (χ4n) is 1.99. The molecule has 0 spiro atoms. The maximum absolute atomic E-state index is 6.13. The molecule has 1 saturated carbocycles. The zero-order chi connectivity index (χ0) is 13.5. The van der Waals surface area contributed by atoms with Gasteiger partial charge in [-0.05, 0) is 47.0 Å². The number of methoxy groups -OCH3 is 1. The van der Waals surface area contributed by atoms with Gasteiger partial charge in [0, 0.05) is 22.9 Å². The summed E-state index contributed by atoms with van der Waals surface area (Å²) in [4.78, 5) is 4.68. The van der Waals surface area contributed by atoms with E-state index in [2.05, 4.69) is 26.3 Å². The van der Waals surface area contributed by atoms with Gasteiger partial charge >= 0.3 is 0 Å². The minimum absolute atomic E-state index is 0.0234. The smallest absolute Gasteiger partial charge is 0.133 e. The number of hydrogen-bond acceptors (Lipinski definition) is 4. The molecule has 0 bridgehead atoms. The molecule has 3 nitrogen and oxygen atoms in total. The summed E-state index contributed by atoms with van der Waals surface area (Å²) in [6.07, 6.45) is 3.14. The van der Waals surface area contributed by atoms with Crippen molar-refractivity contribution in [1.82, 2.24) is 4.98 Å². The van der Waals surface area contributed by atoms with Crippen LogP contribution in [0.3, 0.4) is 0 Å². The Balaban J connectivity index is 1.83. The summed E-state index contributed by atoms with van der Waals surface area (Å²) in [6, 6.07) is 6.01. The summed E-state index contributed by atoms with van der Waals surface area (Å²) >= 11 is 5.19. The molecule has 1 fully saturated rings. The van der Waals surface area contributed by atoms with E-state index in [1.807, 2.05) is 18.2 Å². The van der Waals surface area contributed by atoms with Gasteiger partial charge in [-0.2, -0.15) is 0 Å². The van der Waals surface area contributed by atoms with Crippen LogP contribution >= 0.6 is 27.3 Å². The lowest BCUT2D eigenvalue weighted by Gasteiger charge is -2.05. The molecule has 0 unspecified atom stereocenters. The van der Waals surface area contributed by atoms with E-state index in [0.717, 1.165) is 45.7 Å². The van der Waals surface area contributed by atoms with Gasteiger partial charge < -0.3 is 10.5 Å². The molecule has 0 radical (unpaired) electrons. The summed E-state index contributed by atoms with van der Waals surface area (Å²) in [5.41, 5.74) is 8.26. The maximum Gasteiger partial charge on any atom is 0.133 e. The second-order valence-electron chi connectivity index (χ2n) is 5.01. The Bertz CT molecular complexity index is 607. The molecule has 1 aromatic carbocycles. The van der Waals surface area contributed by atoms with Crippen LogP contribution in [-0.2, 0) is 6.42 Å². The van der Waals surface area contributed by atoms with Gasteiger partial charge in [0.25, 0.3) is 0 Å². The van der Waals surface area contributed by atoms with E-state index in [0.29, 0.717) is 0 Å². The van der Waals surface area contributed by atoms with E-state index >= 15 is 0 Å². The number of benzene rings is 1. The van der Waals surface area contributed by atoms with Crippen molar-refractivity contribution >= 4 is 27.3 Å². The molecule has 0 amide bonds. The molecule has 0 aliphatic heterocycles. The Morgan fingerprint density at radius 3 is 2.89 bits per heavy atom. The molecule has 1 aliphatic carbocycles. The van der Waals surface area contributed by atoms with Gasteiger partial charge in [-0.25, -0.2) is 4.98 Å². The molecule has 2 aromatic rings. The van der Waals surface area contributed by atoms with Crippen molar-refractivity contribution in [3.63, 3.8) is 0 Å². The summed E-state index contributed by atoms with van der Waals surface area (Å²) in [5.74, 6) is 0.832. The van der Waals surface area contributed by atoms with Gasteiger partial charge in [-0.1, -0.05) is 0 Å². The van der Waals surface area contributed by atoms with Crippen molar-refractivity contribution in [2.24, 2.45) is 5.73 Å². The number of hydrogen-bond donors (Lipinski definition) is 1. The first-order valence-electron chi connectivity index (χ1n) is 6.17. The van der Waals surface area contributed by atoms with Crippen LogP contribution in [-0.4, -0.2) is 17.6 Å². The summed E-state index contributed by atoms with van der Waals surface area (Å²) in [7, 11) is 1.66. The first-order valence-corrected chi connectivity index (χ1v) is 7.84. The Labute approximate surface area is 124 Å². The number of nitrogens with zero attached hydrogens (tertiary/aromatic N) is 1. The number of rotatable bonds is 4. The van der Waals surface area contributed by atoms with E-state index in [9.17, 15) is 0 Å². The Hall–Kier alpha value is -0.910. The molecule has 19 heavy (non-hydrogen) atoms. The molecule has 3 rings (SSSR count). The normalized spacial score (nSPS) is 16.4. The number of ether oxygens (including phenoxy) is 1. The SMILES string of the molecule is COc1ccc(-c2csc(CC3(N)CC3)n2)cc1Br. The van der Waals surface area contributed by atoms with Crippen molar-refractivity contribution in [2.45, 2.75) is 24.8 Å². The molecular weight excluding hydrogens is 324 g/mol. The lowest BCUT2D eigenvalue weighted by molar-refractivity contribution is 0.412. The van der Waals surface area contributed by atoms with Crippen LogP contribution in [0.1, 0.15) is 17.8 Å². The highest BCUT2D eigenvalue weighted by Crippen LogP contribution is 2.37. The zero-order valence-corrected chi connectivity index (χ0v) is 13.1. The van der Waals surface area contributed by atoms with E-state index in [1.54, 1.807) is 18.4 Å². The molecule has 0 saturated heterocycles. The van der Waals surface area contributed by atoms with Gasteiger partial charge in [0.15, 0.2) is 0 Å². The van der Waals surface area contributed by atoms with Crippen molar-refractivity contribution in [1.29, 1.82) is 0 Å². The zero-order valence-electron chi connectivity index (χ0n) is 10.6. The van der Waals surface area contributed by atoms with E-state index in [-0.39, 0.29) is 5.54 Å². The summed E-state index contributed by atoms with van der Waals surface area (Å²) in [6.45, 7) is 0. The number of thiazole rings is 1. The van der Waals surface area contributed by atoms with Crippen molar-refractivity contribution in [2.75, 3.05) is 7.11 Å². The van der Waals surface area contributed by atoms with Crippen LogP contribution in [0.2, 0.25) is 0 Å². The third-order valence-electron chi connectivity index (χ3n) is 3.39. The quantitative estimate of drug-likeness (QED) is 0.926. The number of nitrogens with two attached hydrogens (primary N) is 1. The van der Waals surface area contributed by atoms with Crippen LogP contribution in [0, 0.1) is 0 Å². The monoisotopic (exact) mass is 338 g/mol. The standard InChI is InChI=1S/C14H15BrN2OS/c1-18-12-3-2-9(6-10(12)15)11-8-19-13(17-11)7-14(16)4-5-14/h2-3,6,8H,4-5,7,16H2,1H3. The minimum Gasteiger partial charge on any atom is -0.496 e. The second-order valence-corrected chi connectivity index (χ2v) is 6.81. The van der Waals surface area contributed by atoms with Gasteiger partial charge in [0.1, 0.15) is 5.75 Å². The van der Waals surface area contributed by atoms with Gasteiger partial charge in [0.05, 0.1) is 22.3 Å². The van der Waals surface area contributed by atoms with E-state index in [1.165, 1.54) is 0 Å². The number of aromatic nitrogens is 1. The maximum atomic E-state index is 6.13. The Morgan fingerprint density at radius 2 is 2.26 bits per heavy atom. The fraction of sp³-hybridized carbons (Fsp3) is 0.357. The Morgan fingerprint density at radius 1 is 1.47 bits per heavy atom. The highest BCUT2D eigenvalue weighted by Gasteiger charge is 2.38. The molecule has 100 valence electrons. The molecule has 0 atom stereocenters. The molecule has 5 heteroatoms. The van der Waals surface area contributed by atoms with Crippen molar-refractivity contribution in [3.8, 4) is 17.0 Å². The predicted molar refractivity (Wildman–Crippen MR) is 81.7 cm³/mol. The molecule has 1 aromatic heterocycles. The largest absolute Gasteiger partial charge is 0.496 e. The molecule has 2 N–H and O–H groups in total. The van der Waals surface area contributed by atoms with Crippen LogP contribution in [0.5, 0.6) is 5.75 Å². The molecule has 1 heterocycles. The number of halogens is 1. The lowest BCUT2D eigenvalue weighted by atomic mass is 10.1. The van der Waals surface area contributed by atoms with Gasteiger partial charge in [-0.3, -0.25) is 0 Å². The fourth-order valence-corrected chi connectivity index (χ4v) is 3.49. The van der Waals surface area contributed by atoms with Crippen molar-refractivity contribution < 1.29 is 4.74 Å². The third kappa shape index (κ3) is 2.83. The van der Waals surface area contributed by atoms with Crippen LogP contribution in [0.4, 0.5) is 0 Å². The van der Waals surface area contributed by atoms with Gasteiger partial charge in [0.2, 0.25) is 0 Å². The Kier molecular flexibility index (Phi) is 3.37. The molecule has 1 aliphatic rings. The average Bonchev–Trinajstić information content (AvgIpc) is 2.93. The summed E-state index contributed by atoms with van der Waals surface area (Å²) in [5, 5.41) is 3.22. The average molecular weight is 339 g/mol. The molecular formula is C14H15BrN2OS. The minimum atomic E-state index is 0.0234. The first kappa shape index (κ1) is 13.1. The van der Waals surface area contributed by atoms with Gasteiger partial charge in [-0.15, -0.1) is 11.3 Å². The topological polar surface area (TPSA) is 48.1 Å². The third-order valence-corrected chi connectivity index (χ3v) is 4.86. The van der Waals surface area contributed by atoms with E-state index in [4.69, 9.17) is 10.5 Å². The van der Waals surface area contributed by atoms with Crippen molar-refractivity contribution in [3.05, 3.63) is 33.1 Å². The van der Waals surface area contributed by atoms with E-state index < -0.39 is 0 Å². The highest BCUT2D eigenvalue weighted by atomic mass is 79.9. The van der Waals surface area contributed by atoms with Crippen LogP contribution in [0.25, 0.3) is 11.3 Å². The van der Waals surface area contributed by atoms with Crippen LogP contribution in [0.15, 0.2) is 28.1 Å². The van der Waals surface area contributed by atoms with Crippen LogP contribution < -0.4 is 10.5 Å². The predicted octanol–water partition coefficient (Wildman–Crippen LogP) is 3.62. The lowest BCUT2D eigenvalue weighted by Crippen LogP contribution is -2.24. The second kappa shape index (κ2) is 4.89. The highest BCUT2D eigenvalue weighted by molar-refractivity contribution is 9.10. The first-order chi connectivity index (χ1) is 9.09. The summed E-state index contributed by atoms with van der Waals surface area (Å²) < 4.78 is 6.18.